The maximum absolute atomic E-state index is 10.9. The van der Waals surface area contributed by atoms with Crippen molar-refractivity contribution in [2.24, 2.45) is 5.92 Å². The van der Waals surface area contributed by atoms with Crippen molar-refractivity contribution >= 4 is 5.97 Å². The van der Waals surface area contributed by atoms with E-state index >= 15 is 0 Å². The van der Waals surface area contributed by atoms with E-state index in [0.717, 1.165) is 36.7 Å². The lowest BCUT2D eigenvalue weighted by molar-refractivity contribution is -0.139. The fourth-order valence-corrected chi connectivity index (χ4v) is 2.96. The number of aliphatic carboxylic acids is 1. The van der Waals surface area contributed by atoms with Crippen LogP contribution in [0.15, 0.2) is 16.5 Å². The van der Waals surface area contributed by atoms with Gasteiger partial charge in [-0.3, -0.25) is 4.79 Å². The summed E-state index contributed by atoms with van der Waals surface area (Å²) < 4.78 is 5.92. The van der Waals surface area contributed by atoms with Gasteiger partial charge < -0.3 is 9.52 Å². The Morgan fingerprint density at radius 1 is 1.53 bits per heavy atom. The fraction of sp³-hybridized carbons (Fsp3) is 0.643. The van der Waals surface area contributed by atoms with Crippen LogP contribution in [0.3, 0.4) is 0 Å². The van der Waals surface area contributed by atoms with Crippen molar-refractivity contribution in [2.45, 2.75) is 50.4 Å². The molecule has 3 rings (SSSR count). The molecule has 3 nitrogen and oxygen atoms in total. The summed E-state index contributed by atoms with van der Waals surface area (Å²) in [5.41, 5.74) is -0.206. The van der Waals surface area contributed by atoms with E-state index in [1.165, 1.54) is 6.42 Å². The Morgan fingerprint density at radius 3 is 2.71 bits per heavy atom. The first kappa shape index (κ1) is 10.9. The fourth-order valence-electron chi connectivity index (χ4n) is 2.96. The Labute approximate surface area is 101 Å². The van der Waals surface area contributed by atoms with E-state index < -0.39 is 5.97 Å². The van der Waals surface area contributed by atoms with Crippen molar-refractivity contribution in [3.05, 3.63) is 23.7 Å². The van der Waals surface area contributed by atoms with Gasteiger partial charge in [0.15, 0.2) is 0 Å². The van der Waals surface area contributed by atoms with Crippen LogP contribution in [0.2, 0.25) is 0 Å². The predicted molar refractivity (Wildman–Crippen MR) is 63.0 cm³/mol. The highest BCUT2D eigenvalue weighted by Gasteiger charge is 2.44. The van der Waals surface area contributed by atoms with E-state index in [2.05, 4.69) is 6.92 Å². The molecule has 92 valence electrons. The molecule has 2 fully saturated rings. The van der Waals surface area contributed by atoms with Crippen molar-refractivity contribution in [2.75, 3.05) is 0 Å². The summed E-state index contributed by atoms with van der Waals surface area (Å²) in [5.74, 6) is 2.54. The molecule has 1 aromatic heterocycles. The summed E-state index contributed by atoms with van der Waals surface area (Å²) >= 11 is 0. The van der Waals surface area contributed by atoms with Crippen molar-refractivity contribution in [1.29, 1.82) is 0 Å². The van der Waals surface area contributed by atoms with Gasteiger partial charge in [0.1, 0.15) is 11.5 Å². The molecule has 0 aromatic carbocycles. The maximum atomic E-state index is 10.9. The van der Waals surface area contributed by atoms with Crippen molar-refractivity contribution in [3.63, 3.8) is 0 Å². The molecule has 2 atom stereocenters. The molecule has 0 aliphatic heterocycles. The molecule has 2 saturated carbocycles. The minimum Gasteiger partial charge on any atom is -0.481 e. The second kappa shape index (κ2) is 3.62. The number of carbonyl (C=O) groups is 1. The molecule has 2 unspecified atom stereocenters. The summed E-state index contributed by atoms with van der Waals surface area (Å²) in [4.78, 5) is 10.9. The average molecular weight is 234 g/mol. The Balaban J connectivity index is 1.82. The number of hydrogen-bond acceptors (Lipinski definition) is 2. The number of hydrogen-bond donors (Lipinski definition) is 1. The SMILES string of the molecule is CC1CC1c1ccc(C2(CC(=O)O)CCC2)o1. The Bertz CT molecular complexity index is 442. The van der Waals surface area contributed by atoms with Gasteiger partial charge in [0.25, 0.3) is 0 Å². The summed E-state index contributed by atoms with van der Waals surface area (Å²) in [6, 6.07) is 4.05. The van der Waals surface area contributed by atoms with E-state index in [9.17, 15) is 4.79 Å². The molecule has 3 heteroatoms. The summed E-state index contributed by atoms with van der Waals surface area (Å²) in [6.07, 6.45) is 4.43. The summed E-state index contributed by atoms with van der Waals surface area (Å²) in [5, 5.41) is 9.00. The second-order valence-corrected chi connectivity index (χ2v) is 5.73. The lowest BCUT2D eigenvalue weighted by atomic mass is 9.65. The average Bonchev–Trinajstić information content (AvgIpc) is 2.77. The van der Waals surface area contributed by atoms with Gasteiger partial charge in [-0.1, -0.05) is 13.3 Å². The van der Waals surface area contributed by atoms with Crippen LogP contribution in [0.5, 0.6) is 0 Å². The number of rotatable bonds is 4. The highest BCUT2D eigenvalue weighted by atomic mass is 16.4. The largest absolute Gasteiger partial charge is 0.481 e. The van der Waals surface area contributed by atoms with Gasteiger partial charge in [0.2, 0.25) is 0 Å². The lowest BCUT2D eigenvalue weighted by Gasteiger charge is -2.38. The monoisotopic (exact) mass is 234 g/mol. The van der Waals surface area contributed by atoms with Gasteiger partial charge in [-0.05, 0) is 37.3 Å². The van der Waals surface area contributed by atoms with Crippen LogP contribution in [0.25, 0.3) is 0 Å². The number of carboxylic acid groups (broad SMARTS) is 1. The third-order valence-electron chi connectivity index (χ3n) is 4.42. The third kappa shape index (κ3) is 1.78. The van der Waals surface area contributed by atoms with Crippen LogP contribution in [-0.2, 0) is 10.2 Å². The maximum Gasteiger partial charge on any atom is 0.304 e. The predicted octanol–water partition coefficient (Wildman–Crippen LogP) is 3.30. The highest BCUT2D eigenvalue weighted by Crippen LogP contribution is 2.51. The Hall–Kier alpha value is -1.25. The van der Waals surface area contributed by atoms with Crippen LogP contribution >= 0.6 is 0 Å². The third-order valence-corrected chi connectivity index (χ3v) is 4.42. The van der Waals surface area contributed by atoms with Gasteiger partial charge in [0.05, 0.1) is 6.42 Å². The molecule has 17 heavy (non-hydrogen) atoms. The summed E-state index contributed by atoms with van der Waals surface area (Å²) in [6.45, 7) is 2.23. The molecular formula is C14H18O3. The van der Waals surface area contributed by atoms with Crippen LogP contribution in [0, 0.1) is 5.92 Å². The minimum atomic E-state index is -0.720. The second-order valence-electron chi connectivity index (χ2n) is 5.73. The highest BCUT2D eigenvalue weighted by molar-refractivity contribution is 5.69. The normalized spacial score (nSPS) is 29.7. The van der Waals surface area contributed by atoms with Crippen molar-refractivity contribution in [1.82, 2.24) is 0 Å². The van der Waals surface area contributed by atoms with E-state index in [1.54, 1.807) is 0 Å². The summed E-state index contributed by atoms with van der Waals surface area (Å²) in [7, 11) is 0. The van der Waals surface area contributed by atoms with Gasteiger partial charge >= 0.3 is 5.97 Å². The quantitative estimate of drug-likeness (QED) is 0.869. The molecule has 1 N–H and O–H groups in total. The van der Waals surface area contributed by atoms with Gasteiger partial charge in [-0.15, -0.1) is 0 Å². The molecule has 0 amide bonds. The molecule has 2 aliphatic rings. The first-order valence-electron chi connectivity index (χ1n) is 6.43. The van der Waals surface area contributed by atoms with Crippen molar-refractivity contribution < 1.29 is 14.3 Å². The zero-order valence-corrected chi connectivity index (χ0v) is 10.1. The van der Waals surface area contributed by atoms with E-state index in [-0.39, 0.29) is 11.8 Å². The Kier molecular flexibility index (Phi) is 2.32. The van der Waals surface area contributed by atoms with E-state index in [1.807, 2.05) is 12.1 Å². The molecule has 1 heterocycles. The molecule has 0 radical (unpaired) electrons. The van der Waals surface area contributed by atoms with Crippen LogP contribution < -0.4 is 0 Å². The molecule has 1 aromatic rings. The lowest BCUT2D eigenvalue weighted by Crippen LogP contribution is -2.36. The zero-order valence-electron chi connectivity index (χ0n) is 10.1. The Morgan fingerprint density at radius 2 is 2.24 bits per heavy atom. The first-order valence-corrected chi connectivity index (χ1v) is 6.43. The van der Waals surface area contributed by atoms with Gasteiger partial charge in [-0.2, -0.15) is 0 Å². The molecular weight excluding hydrogens is 216 g/mol. The minimum absolute atomic E-state index is 0.206. The van der Waals surface area contributed by atoms with Gasteiger partial charge in [0, 0.05) is 11.3 Å². The molecule has 0 bridgehead atoms. The van der Waals surface area contributed by atoms with Crippen LogP contribution in [0.4, 0.5) is 0 Å². The zero-order chi connectivity index (χ0) is 12.0. The molecule has 0 spiro atoms. The van der Waals surface area contributed by atoms with Crippen LogP contribution in [0.1, 0.15) is 56.5 Å². The molecule has 0 saturated heterocycles. The topological polar surface area (TPSA) is 50.4 Å². The molecule has 2 aliphatic carbocycles. The van der Waals surface area contributed by atoms with E-state index in [4.69, 9.17) is 9.52 Å². The number of carboxylic acids is 1. The van der Waals surface area contributed by atoms with E-state index in [0.29, 0.717) is 5.92 Å². The van der Waals surface area contributed by atoms with Crippen molar-refractivity contribution in [3.8, 4) is 0 Å². The van der Waals surface area contributed by atoms with Gasteiger partial charge in [-0.25, -0.2) is 0 Å². The smallest absolute Gasteiger partial charge is 0.304 e. The standard InChI is InChI=1S/C14H18O3/c1-9-7-10(9)11-3-4-12(17-11)14(5-2-6-14)8-13(15)16/h3-4,9-10H,2,5-8H2,1H3,(H,15,16). The number of furan rings is 1. The first-order chi connectivity index (χ1) is 8.11. The van der Waals surface area contributed by atoms with Crippen LogP contribution in [-0.4, -0.2) is 11.1 Å².